The second-order valence-electron chi connectivity index (χ2n) is 13.0. The lowest BCUT2D eigenvalue weighted by Crippen LogP contribution is -2.16. The van der Waals surface area contributed by atoms with Gasteiger partial charge in [-0.25, -0.2) is 12.4 Å². The average molecular weight is 739 g/mol. The molecule has 0 N–H and O–H groups in total. The molecule has 0 saturated carbocycles. The Labute approximate surface area is 316 Å². The number of aromatic nitrogens is 2. The second kappa shape index (κ2) is 15.4. The number of para-hydroxylation sites is 1. The van der Waals surface area contributed by atoms with E-state index in [2.05, 4.69) is 29.1 Å². The van der Waals surface area contributed by atoms with Gasteiger partial charge >= 0.3 is 0 Å². The number of aryl methyl sites for hydroxylation is 3. The molecule has 0 unspecified atom stereocenters. The Bertz CT molecular complexity index is 2530. The molecule has 0 amide bonds. The fourth-order valence-electron chi connectivity index (χ4n) is 6.75. The third-order valence-corrected chi connectivity index (χ3v) is 11.4. The van der Waals surface area contributed by atoms with Gasteiger partial charge in [-0.2, -0.15) is 0 Å². The van der Waals surface area contributed by atoms with Crippen molar-refractivity contribution in [3.63, 3.8) is 0 Å². The summed E-state index contributed by atoms with van der Waals surface area (Å²) in [7, 11) is 2.44. The van der Waals surface area contributed by atoms with Crippen molar-refractivity contribution in [2.24, 2.45) is 0 Å². The number of fused-ring (bicyclic) bond motifs is 1. The predicted molar refractivity (Wildman–Crippen MR) is 215 cm³/mol. The molecule has 0 aliphatic rings. The fourth-order valence-corrected chi connectivity index (χ4v) is 8.26. The molecule has 0 radical (unpaired) electrons. The molecule has 9 heteroatoms. The lowest BCUT2D eigenvalue weighted by Gasteiger charge is -2.19. The molecule has 0 spiro atoms. The van der Waals surface area contributed by atoms with Crippen molar-refractivity contribution in [1.29, 1.82) is 0 Å². The molecule has 7 rings (SSSR count). The average Bonchev–Trinajstić information content (AvgIpc) is 3.82. The van der Waals surface area contributed by atoms with E-state index in [0.717, 1.165) is 56.7 Å². The van der Waals surface area contributed by atoms with Crippen LogP contribution in [0.15, 0.2) is 145 Å². The number of rotatable bonds is 13. The van der Waals surface area contributed by atoms with E-state index in [4.69, 9.17) is 18.9 Å². The Hall–Kier alpha value is -6.19. The molecule has 274 valence electrons. The smallest absolute Gasteiger partial charge is 0.268 e. The summed E-state index contributed by atoms with van der Waals surface area (Å²) >= 11 is 0. The van der Waals surface area contributed by atoms with Crippen LogP contribution in [0.3, 0.4) is 0 Å². The number of hydrogen-bond donors (Lipinski definition) is 0. The van der Waals surface area contributed by atoms with Crippen LogP contribution in [0.25, 0.3) is 33.4 Å². The maximum atomic E-state index is 14.7. The van der Waals surface area contributed by atoms with Crippen LogP contribution >= 0.6 is 0 Å². The summed E-state index contributed by atoms with van der Waals surface area (Å²) < 4.78 is 55.8. The number of benzene rings is 5. The minimum absolute atomic E-state index is 0.181. The Morgan fingerprint density at radius 2 is 1.26 bits per heavy atom. The van der Waals surface area contributed by atoms with Crippen LogP contribution in [-0.4, -0.2) is 45.4 Å². The fraction of sp³-hybridized carbons (Fsp3) is 0.156. The van der Waals surface area contributed by atoms with E-state index in [1.54, 1.807) is 40.6 Å². The van der Waals surface area contributed by atoms with Crippen LogP contribution in [0, 0.1) is 6.92 Å². The molecule has 0 saturated heterocycles. The molecule has 0 bridgehead atoms. The number of methoxy groups -OCH3 is 4. The molecule has 2 aromatic heterocycles. The molecule has 7 aromatic rings. The van der Waals surface area contributed by atoms with E-state index in [-0.39, 0.29) is 4.90 Å². The largest absolute Gasteiger partial charge is 0.497 e. The molecule has 5 aromatic carbocycles. The van der Waals surface area contributed by atoms with Crippen LogP contribution in [0.5, 0.6) is 17.2 Å². The highest BCUT2D eigenvalue weighted by Crippen LogP contribution is 2.42. The molecule has 2 heterocycles. The second-order valence-corrected chi connectivity index (χ2v) is 14.7. The van der Waals surface area contributed by atoms with Crippen molar-refractivity contribution in [3.05, 3.63) is 168 Å². The van der Waals surface area contributed by atoms with E-state index < -0.39 is 10.0 Å². The molecule has 0 aliphatic carbocycles. The number of hydrogen-bond acceptors (Lipinski definition) is 6. The first-order valence-electron chi connectivity index (χ1n) is 17.6. The van der Waals surface area contributed by atoms with E-state index in [1.165, 1.54) is 9.54 Å². The maximum absolute atomic E-state index is 14.7. The standard InChI is InChI=1S/C45H42N2O6S/c1-31-10-24-39(25-11-31)54(48,49)47-42-9-7-6-8-35(42)28-43(47)45(53-5)44(34-16-22-38(52-4)23-17-34)41-30-46(27-26-32-12-18-36(50-2)19-13-32)29-40(41)33-14-20-37(51-3)21-15-33/h6-25,28-30H,26-27H2,1-5H3/b45-44-. The molecule has 0 aliphatic heterocycles. The molecule has 0 fully saturated rings. The first kappa shape index (κ1) is 36.2. The summed E-state index contributed by atoms with van der Waals surface area (Å²) in [6.45, 7) is 2.62. The lowest BCUT2D eigenvalue weighted by molar-refractivity contribution is 0.369. The zero-order chi connectivity index (χ0) is 37.8. The zero-order valence-corrected chi connectivity index (χ0v) is 31.8. The summed E-state index contributed by atoms with van der Waals surface area (Å²) in [5, 5.41) is 0.763. The van der Waals surface area contributed by atoms with E-state index >= 15 is 0 Å². The van der Waals surface area contributed by atoms with Crippen LogP contribution in [0.1, 0.15) is 27.9 Å². The van der Waals surface area contributed by atoms with Crippen molar-refractivity contribution >= 4 is 32.3 Å². The van der Waals surface area contributed by atoms with Crippen molar-refractivity contribution in [2.45, 2.75) is 24.8 Å². The Kier molecular flexibility index (Phi) is 10.3. The highest BCUT2D eigenvalue weighted by molar-refractivity contribution is 7.90. The summed E-state index contributed by atoms with van der Waals surface area (Å²) in [6.07, 6.45) is 5.03. The number of nitrogens with zero attached hydrogens (tertiary/aromatic N) is 2. The molecule has 54 heavy (non-hydrogen) atoms. The molecular formula is C45H42N2O6S. The Balaban J connectivity index is 1.50. The van der Waals surface area contributed by atoms with Crippen LogP contribution in [0.4, 0.5) is 0 Å². The number of ether oxygens (including phenoxy) is 4. The van der Waals surface area contributed by atoms with Gasteiger partial charge in [0.25, 0.3) is 10.0 Å². The van der Waals surface area contributed by atoms with Crippen molar-refractivity contribution in [2.75, 3.05) is 28.4 Å². The first-order chi connectivity index (χ1) is 26.2. The van der Waals surface area contributed by atoms with Crippen LogP contribution in [0.2, 0.25) is 0 Å². The maximum Gasteiger partial charge on any atom is 0.268 e. The van der Waals surface area contributed by atoms with Gasteiger partial charge in [0.1, 0.15) is 22.9 Å². The first-order valence-corrected chi connectivity index (χ1v) is 19.0. The minimum Gasteiger partial charge on any atom is -0.497 e. The van der Waals surface area contributed by atoms with Crippen molar-refractivity contribution in [1.82, 2.24) is 8.54 Å². The third kappa shape index (κ3) is 7.10. The van der Waals surface area contributed by atoms with E-state index in [9.17, 15) is 8.42 Å². The quantitative estimate of drug-likeness (QED) is 0.110. The zero-order valence-electron chi connectivity index (χ0n) is 30.9. The third-order valence-electron chi connectivity index (χ3n) is 9.64. The van der Waals surface area contributed by atoms with Crippen molar-refractivity contribution < 1.29 is 27.4 Å². The predicted octanol–water partition coefficient (Wildman–Crippen LogP) is 9.49. The lowest BCUT2D eigenvalue weighted by atomic mass is 9.92. The summed E-state index contributed by atoms with van der Waals surface area (Å²) in [5.74, 6) is 2.65. The van der Waals surface area contributed by atoms with E-state index in [0.29, 0.717) is 29.3 Å². The van der Waals surface area contributed by atoms with Gasteiger partial charge in [-0.05, 0) is 90.7 Å². The van der Waals surface area contributed by atoms with Gasteiger partial charge in [0.2, 0.25) is 0 Å². The van der Waals surface area contributed by atoms with Gasteiger partial charge in [0.15, 0.2) is 5.76 Å². The molecule has 0 atom stereocenters. The molecular weight excluding hydrogens is 697 g/mol. The molecule has 8 nitrogen and oxygen atoms in total. The monoisotopic (exact) mass is 738 g/mol. The topological polar surface area (TPSA) is 80.9 Å². The Morgan fingerprint density at radius 1 is 0.667 bits per heavy atom. The Morgan fingerprint density at radius 3 is 1.87 bits per heavy atom. The van der Waals surface area contributed by atoms with Gasteiger partial charge in [-0.15, -0.1) is 0 Å². The summed E-state index contributed by atoms with van der Waals surface area (Å²) in [5.41, 5.74) is 7.39. The van der Waals surface area contributed by atoms with Gasteiger partial charge in [0.05, 0.1) is 38.9 Å². The van der Waals surface area contributed by atoms with Crippen LogP contribution in [-0.2, 0) is 27.7 Å². The van der Waals surface area contributed by atoms with Gasteiger partial charge < -0.3 is 23.5 Å². The SMILES string of the molecule is CO/C(=C(/c1ccc(OC)cc1)c1cn(CCc2ccc(OC)cc2)cc1-c1ccc(OC)cc1)c1cc2ccccc2n1S(=O)(=O)c1ccc(C)cc1. The summed E-state index contributed by atoms with van der Waals surface area (Å²) in [6, 6.07) is 40.1. The minimum atomic E-state index is -4.09. The van der Waals surface area contributed by atoms with Crippen molar-refractivity contribution in [3.8, 4) is 28.4 Å². The normalized spacial score (nSPS) is 12.0. The highest BCUT2D eigenvalue weighted by Gasteiger charge is 2.29. The van der Waals surface area contributed by atoms with Gasteiger partial charge in [0, 0.05) is 41.0 Å². The highest BCUT2D eigenvalue weighted by atomic mass is 32.2. The summed E-state index contributed by atoms with van der Waals surface area (Å²) in [4.78, 5) is 0.181. The van der Waals surface area contributed by atoms with Crippen LogP contribution < -0.4 is 14.2 Å². The van der Waals surface area contributed by atoms with Gasteiger partial charge in [-0.3, -0.25) is 0 Å². The van der Waals surface area contributed by atoms with Gasteiger partial charge in [-0.1, -0.05) is 72.3 Å². The van der Waals surface area contributed by atoms with E-state index in [1.807, 2.05) is 110 Å².